The molecule has 0 spiro atoms. The van der Waals surface area contributed by atoms with E-state index in [9.17, 15) is 14.4 Å². The van der Waals surface area contributed by atoms with Gasteiger partial charge in [-0.2, -0.15) is 20.3 Å². The number of amides is 3. The van der Waals surface area contributed by atoms with Crippen LogP contribution in [0.15, 0.2) is 63.9 Å². The Hall–Kier alpha value is -3.70. The number of azo groups is 1. The molecule has 3 amide bonds. The molecule has 2 aliphatic heterocycles. The highest BCUT2D eigenvalue weighted by atomic mass is 35.5. The van der Waals surface area contributed by atoms with Crippen molar-refractivity contribution in [1.82, 2.24) is 0 Å². The first-order chi connectivity index (χ1) is 21.0. The molecular formula is C30H25Cl4N5O5. The molecule has 3 aromatic rings. The van der Waals surface area contributed by atoms with Crippen molar-refractivity contribution in [3.63, 3.8) is 0 Å². The van der Waals surface area contributed by atoms with Gasteiger partial charge in [-0.25, -0.2) is 0 Å². The first-order valence-electron chi connectivity index (χ1n) is 13.6. The molecule has 1 saturated heterocycles. The van der Waals surface area contributed by atoms with E-state index in [1.165, 1.54) is 24.3 Å². The molecule has 0 saturated carbocycles. The molecule has 14 heteroatoms. The number of anilines is 2. The molecule has 2 aliphatic rings. The first-order valence-corrected chi connectivity index (χ1v) is 15.1. The Bertz CT molecular complexity index is 1710. The Morgan fingerprint density at radius 1 is 0.864 bits per heavy atom. The average molecular weight is 677 g/mol. The zero-order chi connectivity index (χ0) is 31.7. The Morgan fingerprint density at radius 2 is 1.55 bits per heavy atom. The highest BCUT2D eigenvalue weighted by molar-refractivity contribution is 6.43. The van der Waals surface area contributed by atoms with Gasteiger partial charge in [0.2, 0.25) is 11.8 Å². The maximum atomic E-state index is 13.9. The van der Waals surface area contributed by atoms with E-state index in [-0.39, 0.29) is 61.0 Å². The molecule has 2 heterocycles. The van der Waals surface area contributed by atoms with Gasteiger partial charge in [0.25, 0.3) is 5.91 Å². The molecule has 5 rings (SSSR count). The van der Waals surface area contributed by atoms with Crippen molar-refractivity contribution in [2.24, 2.45) is 21.2 Å². The van der Waals surface area contributed by atoms with Gasteiger partial charge in [0.15, 0.2) is 17.5 Å². The van der Waals surface area contributed by atoms with Crippen LogP contribution in [0.2, 0.25) is 20.1 Å². The van der Waals surface area contributed by atoms with Crippen LogP contribution in [0.3, 0.4) is 0 Å². The topological polar surface area (TPSA) is 113 Å². The van der Waals surface area contributed by atoms with E-state index in [4.69, 9.17) is 55.9 Å². The molecule has 3 aromatic carbocycles. The Labute approximate surface area is 273 Å². The van der Waals surface area contributed by atoms with Gasteiger partial charge in [0.05, 0.1) is 34.6 Å². The predicted molar refractivity (Wildman–Crippen MR) is 170 cm³/mol. The standard InChI is InChI=1S/C30H25Cl4N5O5/c1-4-43-23-9-6-17(13-24(23)44-5-2)35-36-27-26(37-39(30(27)42)28-21(33)11-16(31)12-22(28)34)19-14-18(7-8-20(19)32)38-25(40)10-15(3)29(38)41/h6-9,11-15,27H,4-5,10H2,1-3H3. The number of benzene rings is 3. The minimum absolute atomic E-state index is 0.0755. The lowest BCUT2D eigenvalue weighted by Gasteiger charge is -2.16. The minimum Gasteiger partial charge on any atom is -0.490 e. The largest absolute Gasteiger partial charge is 0.490 e. The monoisotopic (exact) mass is 675 g/mol. The summed E-state index contributed by atoms with van der Waals surface area (Å²) in [5.74, 6) is -0.786. The van der Waals surface area contributed by atoms with Crippen LogP contribution >= 0.6 is 46.4 Å². The lowest BCUT2D eigenvalue weighted by Crippen LogP contribution is -2.32. The molecule has 0 bridgehead atoms. The number of hydrazone groups is 1. The average Bonchev–Trinajstić information content (AvgIpc) is 3.42. The second kappa shape index (κ2) is 13.1. The molecule has 2 atom stereocenters. The minimum atomic E-state index is -1.31. The van der Waals surface area contributed by atoms with Gasteiger partial charge in [-0.05, 0) is 56.3 Å². The molecule has 0 aliphatic carbocycles. The summed E-state index contributed by atoms with van der Waals surface area (Å²) in [6.45, 7) is 6.22. The smallest absolute Gasteiger partial charge is 0.280 e. The summed E-state index contributed by atoms with van der Waals surface area (Å²) in [6, 6.07) is 11.1. The van der Waals surface area contributed by atoms with Gasteiger partial charge >= 0.3 is 0 Å². The number of carbonyl (C=O) groups excluding carboxylic acids is 3. The lowest BCUT2D eigenvalue weighted by molar-refractivity contribution is -0.122. The van der Waals surface area contributed by atoms with E-state index in [1.54, 1.807) is 31.2 Å². The summed E-state index contributed by atoms with van der Waals surface area (Å²) in [6.07, 6.45) is 0.0836. The zero-order valence-electron chi connectivity index (χ0n) is 23.7. The van der Waals surface area contributed by atoms with E-state index in [0.717, 1.165) is 9.91 Å². The third-order valence-electron chi connectivity index (χ3n) is 6.77. The number of nitrogens with zero attached hydrogens (tertiary/aromatic N) is 5. The highest BCUT2D eigenvalue weighted by Crippen LogP contribution is 2.41. The molecule has 228 valence electrons. The van der Waals surface area contributed by atoms with E-state index in [1.807, 2.05) is 13.8 Å². The number of hydrogen-bond acceptors (Lipinski definition) is 8. The number of hydrogen-bond donors (Lipinski definition) is 0. The fourth-order valence-corrected chi connectivity index (χ4v) is 5.97. The fourth-order valence-electron chi connectivity index (χ4n) is 4.78. The molecule has 10 nitrogen and oxygen atoms in total. The van der Waals surface area contributed by atoms with Crippen LogP contribution in [0.5, 0.6) is 11.5 Å². The van der Waals surface area contributed by atoms with E-state index < -0.39 is 17.9 Å². The molecule has 0 aromatic heterocycles. The zero-order valence-corrected chi connectivity index (χ0v) is 26.7. The Morgan fingerprint density at radius 3 is 2.18 bits per heavy atom. The van der Waals surface area contributed by atoms with E-state index in [2.05, 4.69) is 15.3 Å². The van der Waals surface area contributed by atoms with Crippen molar-refractivity contribution < 1.29 is 23.9 Å². The number of imide groups is 1. The fraction of sp³-hybridized carbons (Fsp3) is 0.267. The third kappa shape index (κ3) is 6.12. The van der Waals surface area contributed by atoms with Crippen LogP contribution in [0.4, 0.5) is 17.1 Å². The van der Waals surface area contributed by atoms with Gasteiger partial charge in [-0.3, -0.25) is 19.3 Å². The van der Waals surface area contributed by atoms with E-state index >= 15 is 0 Å². The SMILES string of the molecule is CCOc1ccc(N=NC2C(=O)N(c3c(Cl)cc(Cl)cc3Cl)N=C2c2cc(N3C(=O)CC(C)C3=O)ccc2Cl)cc1OCC. The molecule has 44 heavy (non-hydrogen) atoms. The van der Waals surface area contributed by atoms with Crippen LogP contribution in [0, 0.1) is 5.92 Å². The van der Waals surface area contributed by atoms with Gasteiger partial charge in [-0.15, -0.1) is 0 Å². The van der Waals surface area contributed by atoms with Crippen LogP contribution in [-0.4, -0.2) is 42.7 Å². The summed E-state index contributed by atoms with van der Waals surface area (Å²) in [7, 11) is 0. The summed E-state index contributed by atoms with van der Waals surface area (Å²) in [4.78, 5) is 40.4. The molecule has 1 fully saturated rings. The van der Waals surface area contributed by atoms with Gasteiger partial charge in [0.1, 0.15) is 11.4 Å². The van der Waals surface area contributed by atoms with Crippen LogP contribution in [0.1, 0.15) is 32.8 Å². The summed E-state index contributed by atoms with van der Waals surface area (Å²) < 4.78 is 11.3. The van der Waals surface area contributed by atoms with Gasteiger partial charge in [0, 0.05) is 34.0 Å². The lowest BCUT2D eigenvalue weighted by atomic mass is 10.0. The molecule has 0 radical (unpaired) electrons. The second-order valence-electron chi connectivity index (χ2n) is 9.81. The molecule has 2 unspecified atom stereocenters. The van der Waals surface area contributed by atoms with Crippen LogP contribution in [0.25, 0.3) is 0 Å². The van der Waals surface area contributed by atoms with Crippen molar-refractivity contribution in [3.8, 4) is 11.5 Å². The molecule has 0 N–H and O–H groups in total. The van der Waals surface area contributed by atoms with Crippen molar-refractivity contribution in [2.45, 2.75) is 33.2 Å². The van der Waals surface area contributed by atoms with Gasteiger partial charge < -0.3 is 9.47 Å². The maximum Gasteiger partial charge on any atom is 0.280 e. The van der Waals surface area contributed by atoms with Crippen molar-refractivity contribution in [3.05, 3.63) is 74.2 Å². The van der Waals surface area contributed by atoms with Gasteiger partial charge in [-0.1, -0.05) is 53.3 Å². The maximum absolute atomic E-state index is 13.9. The second-order valence-corrected chi connectivity index (χ2v) is 11.5. The Kier molecular flexibility index (Phi) is 9.45. The predicted octanol–water partition coefficient (Wildman–Crippen LogP) is 7.90. The van der Waals surface area contributed by atoms with Crippen molar-refractivity contribution in [1.29, 1.82) is 0 Å². The number of rotatable bonds is 9. The quantitative estimate of drug-likeness (QED) is 0.169. The highest BCUT2D eigenvalue weighted by Gasteiger charge is 2.42. The Balaban J connectivity index is 1.61. The summed E-state index contributed by atoms with van der Waals surface area (Å²) >= 11 is 25.6. The van der Waals surface area contributed by atoms with Crippen LogP contribution < -0.4 is 19.4 Å². The van der Waals surface area contributed by atoms with Crippen molar-refractivity contribution in [2.75, 3.05) is 23.1 Å². The normalized spacial score (nSPS) is 18.5. The summed E-state index contributed by atoms with van der Waals surface area (Å²) in [5, 5.41) is 14.8. The van der Waals surface area contributed by atoms with Crippen molar-refractivity contribution >= 4 is 86.9 Å². The van der Waals surface area contributed by atoms with E-state index in [0.29, 0.717) is 30.4 Å². The molecular weight excluding hydrogens is 652 g/mol. The number of halogens is 4. The third-order valence-corrected chi connectivity index (χ3v) is 7.90. The number of carbonyl (C=O) groups is 3. The van der Waals surface area contributed by atoms with Crippen LogP contribution in [-0.2, 0) is 14.4 Å². The summed E-state index contributed by atoms with van der Waals surface area (Å²) in [5.41, 5.74) is 1.10. The first kappa shape index (κ1) is 31.7. The number of ether oxygens (including phenoxy) is 2.